The number of carbonyl (C=O) groups is 2. The van der Waals surface area contributed by atoms with Crippen molar-refractivity contribution in [3.05, 3.63) is 130 Å². The molecule has 2 fully saturated rings. The normalized spacial score (nSPS) is 16.2. The zero-order chi connectivity index (χ0) is 31.6. The fourth-order valence-electron chi connectivity index (χ4n) is 4.17. The van der Waals surface area contributed by atoms with Gasteiger partial charge < -0.3 is 19.2 Å². The summed E-state index contributed by atoms with van der Waals surface area (Å²) < 4.78 is 18.2. The summed E-state index contributed by atoms with van der Waals surface area (Å²) in [6.45, 7) is 3.37. The summed E-state index contributed by atoms with van der Waals surface area (Å²) in [5.41, 5.74) is 2.98. The molecule has 0 saturated carbocycles. The number of benzene rings is 3. The van der Waals surface area contributed by atoms with Crippen LogP contribution < -0.4 is 14.8 Å². The molecule has 2 amide bonds. The minimum atomic E-state index is -0.161. The van der Waals surface area contributed by atoms with Crippen molar-refractivity contribution in [3.8, 4) is 11.5 Å². The molecule has 3 aromatic carbocycles. The lowest BCUT2D eigenvalue weighted by Gasteiger charge is -2.12. The Morgan fingerprint density at radius 1 is 0.800 bits per heavy atom. The quantitative estimate of drug-likeness (QED) is 0.141. The number of amides is 2. The molecule has 2 aliphatic rings. The second-order valence-corrected chi connectivity index (χ2v) is 13.0. The molecular weight excluding hydrogens is 645 g/mol. The van der Waals surface area contributed by atoms with Gasteiger partial charge in [0.2, 0.25) is 0 Å². The number of nitrogens with zero attached hydrogens (tertiary/aromatic N) is 1. The van der Waals surface area contributed by atoms with Gasteiger partial charge in [0.25, 0.3) is 11.8 Å². The van der Waals surface area contributed by atoms with Gasteiger partial charge in [-0.15, -0.1) is 0 Å². The number of nitrogens with one attached hydrogen (secondary N) is 1. The lowest BCUT2D eigenvalue weighted by molar-refractivity contribution is -0.122. The van der Waals surface area contributed by atoms with Crippen LogP contribution in [0.3, 0.4) is 0 Å². The maximum absolute atomic E-state index is 12.6. The molecule has 0 bridgehead atoms. The van der Waals surface area contributed by atoms with Gasteiger partial charge in [0.05, 0.1) is 16.1 Å². The first-order chi connectivity index (χ1) is 21.9. The third-order valence-corrected chi connectivity index (χ3v) is 8.89. The van der Waals surface area contributed by atoms with E-state index in [0.29, 0.717) is 55.5 Å². The van der Waals surface area contributed by atoms with Gasteiger partial charge in [0, 0.05) is 18.7 Å². The van der Waals surface area contributed by atoms with Crippen molar-refractivity contribution in [2.75, 3.05) is 6.54 Å². The summed E-state index contributed by atoms with van der Waals surface area (Å²) in [5.74, 6) is 1.78. The SMILES string of the molecule is CCN1C(=O)C(=Cc2cc(OCc3ccccc3)cc(OCc3ccccc3)c2)SC1=S.O=C1NC(=S)SC1=Cc1ccco1. The van der Waals surface area contributed by atoms with E-state index >= 15 is 0 Å². The molecule has 2 aliphatic heterocycles. The first-order valence-corrected chi connectivity index (χ1v) is 16.3. The number of carbonyl (C=O) groups excluding carboxylic acids is 2. The number of hydrogen-bond donors (Lipinski definition) is 1. The molecule has 0 radical (unpaired) electrons. The van der Waals surface area contributed by atoms with Crippen LogP contribution in [-0.4, -0.2) is 31.9 Å². The monoisotopic (exact) mass is 672 g/mol. The fourth-order valence-corrected chi connectivity index (χ4v) is 6.58. The number of likely N-dealkylation sites (N-methyl/N-ethyl adjacent to an activating group) is 1. The minimum Gasteiger partial charge on any atom is -0.489 e. The van der Waals surface area contributed by atoms with E-state index < -0.39 is 0 Å². The number of furan rings is 1. The van der Waals surface area contributed by atoms with Crippen molar-refractivity contribution < 1.29 is 23.5 Å². The molecule has 0 aliphatic carbocycles. The molecule has 2 saturated heterocycles. The molecule has 1 N–H and O–H groups in total. The Morgan fingerprint density at radius 3 is 1.91 bits per heavy atom. The van der Waals surface area contributed by atoms with E-state index in [4.69, 9.17) is 38.3 Å². The Labute approximate surface area is 280 Å². The maximum Gasteiger partial charge on any atom is 0.266 e. The summed E-state index contributed by atoms with van der Waals surface area (Å²) >= 11 is 12.7. The van der Waals surface area contributed by atoms with Crippen molar-refractivity contribution in [2.24, 2.45) is 0 Å². The van der Waals surface area contributed by atoms with E-state index in [9.17, 15) is 9.59 Å². The Bertz CT molecular complexity index is 1680. The second-order valence-electron chi connectivity index (χ2n) is 9.58. The van der Waals surface area contributed by atoms with Crippen LogP contribution in [0, 0.1) is 0 Å². The number of hydrogen-bond acceptors (Lipinski definition) is 9. The Hall–Kier alpha value is -4.16. The smallest absolute Gasteiger partial charge is 0.266 e. The van der Waals surface area contributed by atoms with Crippen LogP contribution in [-0.2, 0) is 22.8 Å². The van der Waals surface area contributed by atoms with Gasteiger partial charge in [-0.25, -0.2) is 0 Å². The highest BCUT2D eigenvalue weighted by atomic mass is 32.2. The van der Waals surface area contributed by atoms with Gasteiger partial charge >= 0.3 is 0 Å². The molecule has 7 nitrogen and oxygen atoms in total. The van der Waals surface area contributed by atoms with E-state index in [0.717, 1.165) is 16.7 Å². The predicted octanol–water partition coefficient (Wildman–Crippen LogP) is 7.83. The van der Waals surface area contributed by atoms with Gasteiger partial charge in [0.1, 0.15) is 39.1 Å². The van der Waals surface area contributed by atoms with E-state index in [1.165, 1.54) is 23.5 Å². The molecule has 0 unspecified atom stereocenters. The van der Waals surface area contributed by atoms with Crippen molar-refractivity contribution in [3.63, 3.8) is 0 Å². The Balaban J connectivity index is 0.000000256. The predicted molar refractivity (Wildman–Crippen MR) is 189 cm³/mol. The topological polar surface area (TPSA) is 81.0 Å². The largest absolute Gasteiger partial charge is 0.489 e. The first kappa shape index (κ1) is 32.2. The molecule has 1 aromatic heterocycles. The summed E-state index contributed by atoms with van der Waals surface area (Å²) in [6, 6.07) is 29.2. The van der Waals surface area contributed by atoms with Crippen LogP contribution >= 0.6 is 48.0 Å². The highest BCUT2D eigenvalue weighted by Crippen LogP contribution is 2.34. The highest BCUT2D eigenvalue weighted by Gasteiger charge is 2.30. The molecule has 45 heavy (non-hydrogen) atoms. The Kier molecular flexibility index (Phi) is 11.3. The summed E-state index contributed by atoms with van der Waals surface area (Å²) in [7, 11) is 0. The number of thiocarbonyl (C=S) groups is 2. The lowest BCUT2D eigenvalue weighted by Crippen LogP contribution is -2.27. The van der Waals surface area contributed by atoms with Crippen molar-refractivity contribution in [1.82, 2.24) is 10.2 Å². The van der Waals surface area contributed by atoms with E-state index in [1.54, 1.807) is 29.4 Å². The van der Waals surface area contributed by atoms with E-state index in [1.807, 2.05) is 91.9 Å². The van der Waals surface area contributed by atoms with Crippen LogP contribution in [0.1, 0.15) is 29.4 Å². The lowest BCUT2D eigenvalue weighted by atomic mass is 10.1. The zero-order valence-corrected chi connectivity index (χ0v) is 27.4. The van der Waals surface area contributed by atoms with Crippen molar-refractivity contribution >= 4 is 80.6 Å². The number of thioether (sulfide) groups is 2. The molecule has 3 heterocycles. The Morgan fingerprint density at radius 2 is 1.42 bits per heavy atom. The molecule has 11 heteroatoms. The van der Waals surface area contributed by atoms with Crippen LogP contribution in [0.2, 0.25) is 0 Å². The highest BCUT2D eigenvalue weighted by molar-refractivity contribution is 8.27. The molecule has 228 valence electrons. The maximum atomic E-state index is 12.6. The molecule has 0 spiro atoms. The third-order valence-electron chi connectivity index (χ3n) is 6.35. The number of rotatable bonds is 9. The minimum absolute atomic E-state index is 0.0649. The summed E-state index contributed by atoms with van der Waals surface area (Å²) in [6.07, 6.45) is 5.07. The van der Waals surface area contributed by atoms with Crippen molar-refractivity contribution in [2.45, 2.75) is 20.1 Å². The molecule has 4 aromatic rings. The summed E-state index contributed by atoms with van der Waals surface area (Å²) in [4.78, 5) is 26.6. The average molecular weight is 673 g/mol. The van der Waals surface area contributed by atoms with E-state index in [-0.39, 0.29) is 11.8 Å². The van der Waals surface area contributed by atoms with Crippen LogP contribution in [0.15, 0.2) is 111 Å². The second kappa shape index (κ2) is 15.7. The molecular formula is C34H28N2O5S4. The number of ether oxygens (including phenoxy) is 2. The van der Waals surface area contributed by atoms with Gasteiger partial charge in [-0.2, -0.15) is 0 Å². The zero-order valence-electron chi connectivity index (χ0n) is 24.1. The standard InChI is InChI=1S/C26H23NO3S2.C8H5NO2S2/c1-2-27-25(28)24(32-26(27)31)15-21-13-22(29-17-19-9-5-3-6-10-19)16-23(14-21)30-18-20-11-7-4-8-12-20;10-7-6(13-8(12)9-7)4-5-2-1-3-11-5/h3-16H,2,17-18H2,1H3;1-4H,(H,9,10,12). The first-order valence-electron chi connectivity index (χ1n) is 13.9. The summed E-state index contributed by atoms with van der Waals surface area (Å²) in [5, 5.41) is 2.52. The van der Waals surface area contributed by atoms with Crippen molar-refractivity contribution in [1.29, 1.82) is 0 Å². The van der Waals surface area contributed by atoms with Crippen LogP contribution in [0.4, 0.5) is 0 Å². The average Bonchev–Trinajstić information content (AvgIpc) is 3.75. The van der Waals surface area contributed by atoms with Gasteiger partial charge in [-0.3, -0.25) is 14.5 Å². The van der Waals surface area contributed by atoms with Crippen LogP contribution in [0.5, 0.6) is 11.5 Å². The van der Waals surface area contributed by atoms with Gasteiger partial charge in [0.15, 0.2) is 0 Å². The van der Waals surface area contributed by atoms with E-state index in [2.05, 4.69) is 5.32 Å². The third kappa shape index (κ3) is 9.18. The van der Waals surface area contributed by atoms with Gasteiger partial charge in [-0.1, -0.05) is 109 Å². The molecule has 6 rings (SSSR count). The molecule has 0 atom stereocenters. The fraction of sp³-hybridized carbons (Fsp3) is 0.118. The van der Waals surface area contributed by atoms with Gasteiger partial charge in [-0.05, 0) is 54.0 Å². The van der Waals surface area contributed by atoms with Crippen LogP contribution in [0.25, 0.3) is 12.2 Å².